The summed E-state index contributed by atoms with van der Waals surface area (Å²) in [5, 5.41) is 4.39. The minimum atomic E-state index is 0.706. The van der Waals surface area contributed by atoms with E-state index in [9.17, 15) is 0 Å². The Hall–Kier alpha value is -2.61. The number of fused-ring (bicyclic) bond motifs is 2. The van der Waals surface area contributed by atoms with Gasteiger partial charge in [0.1, 0.15) is 17.7 Å². The molecule has 0 saturated heterocycles. The van der Waals surface area contributed by atoms with Gasteiger partial charge in [-0.3, -0.25) is 9.97 Å². The molecule has 25 heavy (non-hydrogen) atoms. The van der Waals surface area contributed by atoms with E-state index in [1.807, 2.05) is 11.4 Å². The fourth-order valence-electron chi connectivity index (χ4n) is 3.35. The molecule has 0 atom stereocenters. The minimum Gasteiger partial charge on any atom is -0.385 e. The average molecular weight is 339 g/mol. The Morgan fingerprint density at radius 1 is 1.16 bits per heavy atom. The average Bonchev–Trinajstić information content (AvgIpc) is 2.98. The highest BCUT2D eigenvalue weighted by Crippen LogP contribution is 2.27. The standard InChI is InChI=1S/C17H21N7O/c1-12-22-14(4-3-9-25-2)16-17(20-11-21-24(12)16)23-8-5-13-15(10-23)19-7-6-18-13/h6-7,11H,3-5,8-10H2,1-2H3. The molecule has 8 heteroatoms. The normalized spacial score (nSPS) is 14.1. The third kappa shape index (κ3) is 2.93. The summed E-state index contributed by atoms with van der Waals surface area (Å²) in [7, 11) is 1.72. The SMILES string of the molecule is COCCCc1nc(C)n2ncnc(N3CCc4nccnc4C3)c12. The lowest BCUT2D eigenvalue weighted by molar-refractivity contribution is 0.195. The highest BCUT2D eigenvalue weighted by Gasteiger charge is 2.23. The number of imidazole rings is 1. The molecule has 0 N–H and O–H groups in total. The van der Waals surface area contributed by atoms with Gasteiger partial charge in [0.25, 0.3) is 0 Å². The van der Waals surface area contributed by atoms with Crippen LogP contribution in [0.5, 0.6) is 0 Å². The molecular formula is C17H21N7O. The summed E-state index contributed by atoms with van der Waals surface area (Å²) in [4.78, 5) is 20.4. The van der Waals surface area contributed by atoms with E-state index in [0.29, 0.717) is 13.2 Å². The van der Waals surface area contributed by atoms with Crippen LogP contribution in [0.15, 0.2) is 18.7 Å². The van der Waals surface area contributed by atoms with Crippen molar-refractivity contribution < 1.29 is 4.74 Å². The van der Waals surface area contributed by atoms with Gasteiger partial charge in [0.2, 0.25) is 0 Å². The van der Waals surface area contributed by atoms with Crippen LogP contribution in [-0.4, -0.2) is 49.8 Å². The summed E-state index contributed by atoms with van der Waals surface area (Å²) in [6.45, 7) is 4.26. The van der Waals surface area contributed by atoms with Gasteiger partial charge in [-0.05, 0) is 19.8 Å². The van der Waals surface area contributed by atoms with Crippen LogP contribution in [0.3, 0.4) is 0 Å². The molecule has 8 nitrogen and oxygen atoms in total. The van der Waals surface area contributed by atoms with E-state index in [-0.39, 0.29) is 0 Å². The summed E-state index contributed by atoms with van der Waals surface area (Å²) >= 11 is 0. The Labute approximate surface area is 145 Å². The molecule has 1 aliphatic rings. The first-order valence-corrected chi connectivity index (χ1v) is 8.50. The topological polar surface area (TPSA) is 81.3 Å². The van der Waals surface area contributed by atoms with Gasteiger partial charge in [-0.15, -0.1) is 0 Å². The van der Waals surface area contributed by atoms with Crippen molar-refractivity contribution >= 4 is 11.3 Å². The second kappa shape index (κ2) is 6.72. The lowest BCUT2D eigenvalue weighted by atomic mass is 10.1. The number of ether oxygens (including phenoxy) is 1. The van der Waals surface area contributed by atoms with Crippen LogP contribution in [-0.2, 0) is 24.1 Å². The van der Waals surface area contributed by atoms with Gasteiger partial charge in [0.15, 0.2) is 5.82 Å². The number of rotatable bonds is 5. The second-order valence-electron chi connectivity index (χ2n) is 6.17. The molecule has 0 radical (unpaired) electrons. The molecule has 0 aliphatic carbocycles. The van der Waals surface area contributed by atoms with Crippen molar-refractivity contribution in [3.63, 3.8) is 0 Å². The highest BCUT2D eigenvalue weighted by molar-refractivity contribution is 5.72. The predicted octanol–water partition coefficient (Wildman–Crippen LogP) is 1.36. The minimum absolute atomic E-state index is 0.706. The van der Waals surface area contributed by atoms with Crippen molar-refractivity contribution in [1.82, 2.24) is 29.5 Å². The van der Waals surface area contributed by atoms with Gasteiger partial charge in [-0.25, -0.2) is 14.5 Å². The maximum atomic E-state index is 5.18. The Balaban J connectivity index is 1.72. The third-order valence-electron chi connectivity index (χ3n) is 4.53. The van der Waals surface area contributed by atoms with E-state index < -0.39 is 0 Å². The number of hydrogen-bond acceptors (Lipinski definition) is 7. The molecule has 1 aliphatic heterocycles. The van der Waals surface area contributed by atoms with E-state index in [2.05, 4.69) is 25.0 Å². The zero-order chi connectivity index (χ0) is 17.2. The van der Waals surface area contributed by atoms with E-state index >= 15 is 0 Å². The molecular weight excluding hydrogens is 318 g/mol. The van der Waals surface area contributed by atoms with Crippen molar-refractivity contribution in [2.24, 2.45) is 0 Å². The van der Waals surface area contributed by atoms with Crippen LogP contribution in [0.2, 0.25) is 0 Å². The van der Waals surface area contributed by atoms with Gasteiger partial charge in [-0.1, -0.05) is 0 Å². The molecule has 0 unspecified atom stereocenters. The molecule has 4 heterocycles. The third-order valence-corrected chi connectivity index (χ3v) is 4.53. The predicted molar refractivity (Wildman–Crippen MR) is 92.5 cm³/mol. The molecule has 0 fully saturated rings. The highest BCUT2D eigenvalue weighted by atomic mass is 16.5. The van der Waals surface area contributed by atoms with Crippen LogP contribution in [0.1, 0.15) is 29.3 Å². The molecule has 130 valence electrons. The summed E-state index contributed by atoms with van der Waals surface area (Å²) in [6, 6.07) is 0. The summed E-state index contributed by atoms with van der Waals surface area (Å²) < 4.78 is 7.06. The fourth-order valence-corrected chi connectivity index (χ4v) is 3.35. The Morgan fingerprint density at radius 3 is 2.84 bits per heavy atom. The molecule has 3 aromatic heterocycles. The zero-order valence-electron chi connectivity index (χ0n) is 14.5. The molecule has 4 rings (SSSR count). The van der Waals surface area contributed by atoms with Crippen molar-refractivity contribution in [2.45, 2.75) is 32.7 Å². The number of anilines is 1. The quantitative estimate of drug-likeness (QED) is 0.649. The lowest BCUT2D eigenvalue weighted by Crippen LogP contribution is -2.32. The van der Waals surface area contributed by atoms with Crippen LogP contribution in [0.25, 0.3) is 5.52 Å². The van der Waals surface area contributed by atoms with E-state index in [1.165, 1.54) is 0 Å². The molecule has 0 aromatic carbocycles. The molecule has 0 saturated carbocycles. The molecule has 0 spiro atoms. The molecule has 3 aromatic rings. The Kier molecular flexibility index (Phi) is 4.27. The van der Waals surface area contributed by atoms with Gasteiger partial charge in [-0.2, -0.15) is 5.10 Å². The number of aromatic nitrogens is 6. The maximum Gasteiger partial charge on any atom is 0.158 e. The van der Waals surface area contributed by atoms with Crippen molar-refractivity contribution in [2.75, 3.05) is 25.2 Å². The Morgan fingerprint density at radius 2 is 2.00 bits per heavy atom. The molecule has 0 amide bonds. The van der Waals surface area contributed by atoms with Crippen LogP contribution >= 0.6 is 0 Å². The monoisotopic (exact) mass is 339 g/mol. The van der Waals surface area contributed by atoms with Crippen LogP contribution in [0.4, 0.5) is 5.82 Å². The molecule has 0 bridgehead atoms. The van der Waals surface area contributed by atoms with E-state index in [1.54, 1.807) is 25.8 Å². The van der Waals surface area contributed by atoms with E-state index in [4.69, 9.17) is 9.72 Å². The first-order chi connectivity index (χ1) is 12.3. The van der Waals surface area contributed by atoms with Gasteiger partial charge < -0.3 is 9.64 Å². The van der Waals surface area contributed by atoms with Gasteiger partial charge in [0, 0.05) is 39.1 Å². The summed E-state index contributed by atoms with van der Waals surface area (Å²) in [6.07, 6.45) is 7.73. The fraction of sp³-hybridized carbons (Fsp3) is 0.471. The first-order valence-electron chi connectivity index (χ1n) is 8.50. The van der Waals surface area contributed by atoms with Crippen LogP contribution in [0, 0.1) is 6.92 Å². The largest absolute Gasteiger partial charge is 0.385 e. The Bertz CT molecular complexity index is 892. The number of hydrogen-bond donors (Lipinski definition) is 0. The van der Waals surface area contributed by atoms with Crippen molar-refractivity contribution in [3.8, 4) is 0 Å². The second-order valence-corrected chi connectivity index (χ2v) is 6.17. The maximum absolute atomic E-state index is 5.18. The van der Waals surface area contributed by atoms with E-state index in [0.717, 1.165) is 60.0 Å². The number of aryl methyl sites for hydroxylation is 2. The smallest absolute Gasteiger partial charge is 0.158 e. The van der Waals surface area contributed by atoms with Gasteiger partial charge in [0.05, 0.1) is 23.6 Å². The summed E-state index contributed by atoms with van der Waals surface area (Å²) in [5.74, 6) is 1.79. The van der Waals surface area contributed by atoms with Crippen molar-refractivity contribution in [1.29, 1.82) is 0 Å². The van der Waals surface area contributed by atoms with Gasteiger partial charge >= 0.3 is 0 Å². The van der Waals surface area contributed by atoms with Crippen LogP contribution < -0.4 is 4.90 Å². The first kappa shape index (κ1) is 15.9. The lowest BCUT2D eigenvalue weighted by Gasteiger charge is -2.28. The van der Waals surface area contributed by atoms with Crippen molar-refractivity contribution in [3.05, 3.63) is 41.6 Å². The zero-order valence-corrected chi connectivity index (χ0v) is 14.5. The number of nitrogens with zero attached hydrogens (tertiary/aromatic N) is 7. The number of methoxy groups -OCH3 is 1. The summed E-state index contributed by atoms with van der Waals surface area (Å²) in [5.41, 5.74) is 4.11.